The molecule has 0 aromatic carbocycles. The number of aryl methyl sites for hydroxylation is 1. The Kier molecular flexibility index (Phi) is 5.21. The zero-order valence-corrected chi connectivity index (χ0v) is 11.7. The van der Waals surface area contributed by atoms with Crippen LogP contribution in [0.5, 0.6) is 0 Å². The first-order valence-electron chi connectivity index (χ1n) is 6.32. The summed E-state index contributed by atoms with van der Waals surface area (Å²) in [5.74, 6) is -1.81. The number of aromatic nitrogens is 1. The lowest BCUT2D eigenvalue weighted by Gasteiger charge is -2.19. The first kappa shape index (κ1) is 15.6. The van der Waals surface area contributed by atoms with E-state index in [4.69, 9.17) is 10.4 Å². The smallest absolute Gasteiger partial charge is 0.326 e. The molecule has 1 heterocycles. The van der Waals surface area contributed by atoms with Crippen molar-refractivity contribution >= 4 is 11.9 Å². The van der Waals surface area contributed by atoms with Crippen LogP contribution < -0.4 is 5.32 Å². The van der Waals surface area contributed by atoms with E-state index in [-0.39, 0.29) is 11.6 Å². The van der Waals surface area contributed by atoms with Crippen LogP contribution in [0.3, 0.4) is 0 Å². The van der Waals surface area contributed by atoms with Crippen molar-refractivity contribution in [2.75, 3.05) is 0 Å². The summed E-state index contributed by atoms with van der Waals surface area (Å²) in [4.78, 5) is 27.2. The molecule has 0 aliphatic carbocycles. The zero-order chi connectivity index (χ0) is 15.3. The predicted octanol–water partition coefficient (Wildman–Crippen LogP) is 1.49. The quantitative estimate of drug-likeness (QED) is 0.847. The average Bonchev–Trinajstić information content (AvgIpc) is 2.43. The molecule has 1 aromatic heterocycles. The second-order valence-electron chi connectivity index (χ2n) is 4.62. The monoisotopic (exact) mass is 275 g/mol. The Labute approximate surface area is 117 Å². The van der Waals surface area contributed by atoms with Crippen LogP contribution in [0.4, 0.5) is 0 Å². The van der Waals surface area contributed by atoms with Crippen LogP contribution in [0.25, 0.3) is 0 Å². The molecule has 0 saturated carbocycles. The zero-order valence-electron chi connectivity index (χ0n) is 11.7. The van der Waals surface area contributed by atoms with Crippen LogP contribution in [0.2, 0.25) is 0 Å². The highest BCUT2D eigenvalue weighted by atomic mass is 16.4. The van der Waals surface area contributed by atoms with Crippen molar-refractivity contribution in [3.05, 3.63) is 29.1 Å². The van der Waals surface area contributed by atoms with Gasteiger partial charge in [-0.05, 0) is 25.0 Å². The molecule has 0 saturated heterocycles. The van der Waals surface area contributed by atoms with Gasteiger partial charge in [0.15, 0.2) is 0 Å². The number of carboxylic acids is 1. The first-order chi connectivity index (χ1) is 9.40. The molecule has 2 atom stereocenters. The van der Waals surface area contributed by atoms with Crippen LogP contribution >= 0.6 is 0 Å². The molecule has 2 N–H and O–H groups in total. The molecule has 0 fully saturated rings. The van der Waals surface area contributed by atoms with Gasteiger partial charge >= 0.3 is 5.97 Å². The summed E-state index contributed by atoms with van der Waals surface area (Å²) >= 11 is 0. The molecular formula is C14H17N3O3. The van der Waals surface area contributed by atoms with E-state index in [1.807, 2.05) is 13.0 Å². The third-order valence-corrected chi connectivity index (χ3v) is 3.20. The van der Waals surface area contributed by atoms with E-state index in [0.717, 1.165) is 0 Å². The van der Waals surface area contributed by atoms with E-state index in [9.17, 15) is 9.59 Å². The summed E-state index contributed by atoms with van der Waals surface area (Å²) in [6.07, 6.45) is 0.636. The van der Waals surface area contributed by atoms with Gasteiger partial charge in [-0.25, -0.2) is 9.78 Å². The molecule has 1 rings (SSSR count). The molecule has 0 bridgehead atoms. The van der Waals surface area contributed by atoms with Crippen molar-refractivity contribution in [3.63, 3.8) is 0 Å². The minimum atomic E-state index is -1.07. The second-order valence-corrected chi connectivity index (χ2v) is 4.62. The van der Waals surface area contributed by atoms with E-state index in [1.54, 1.807) is 13.8 Å². The van der Waals surface area contributed by atoms with E-state index >= 15 is 0 Å². The Hall–Kier alpha value is -2.42. The maximum atomic E-state index is 12.0. The SMILES string of the molecule is CCC(C)[C@H](NC(=O)c1ccc(C#N)c(C)n1)C(=O)O. The van der Waals surface area contributed by atoms with Crippen LogP contribution in [0, 0.1) is 24.2 Å². The average molecular weight is 275 g/mol. The van der Waals surface area contributed by atoms with Crippen molar-refractivity contribution < 1.29 is 14.7 Å². The molecule has 106 valence electrons. The highest BCUT2D eigenvalue weighted by molar-refractivity contribution is 5.95. The van der Waals surface area contributed by atoms with Crippen molar-refractivity contribution in [1.82, 2.24) is 10.3 Å². The fourth-order valence-corrected chi connectivity index (χ4v) is 1.70. The summed E-state index contributed by atoms with van der Waals surface area (Å²) in [5, 5.41) is 20.4. The molecule has 0 aliphatic heterocycles. The van der Waals surface area contributed by atoms with Crippen LogP contribution in [0.15, 0.2) is 12.1 Å². The topological polar surface area (TPSA) is 103 Å². The lowest BCUT2D eigenvalue weighted by atomic mass is 9.99. The predicted molar refractivity (Wildman–Crippen MR) is 72.0 cm³/mol. The largest absolute Gasteiger partial charge is 0.480 e. The number of nitrogens with zero attached hydrogens (tertiary/aromatic N) is 2. The Morgan fingerprint density at radius 1 is 1.50 bits per heavy atom. The molecule has 1 aromatic rings. The van der Waals surface area contributed by atoms with Gasteiger partial charge in [-0.2, -0.15) is 5.26 Å². The number of carbonyl (C=O) groups excluding carboxylic acids is 1. The van der Waals surface area contributed by atoms with Gasteiger partial charge in [-0.1, -0.05) is 20.3 Å². The van der Waals surface area contributed by atoms with Gasteiger partial charge in [0, 0.05) is 0 Å². The molecular weight excluding hydrogens is 258 g/mol. The van der Waals surface area contributed by atoms with Gasteiger partial charge in [0.25, 0.3) is 5.91 Å². The lowest BCUT2D eigenvalue weighted by Crippen LogP contribution is -2.45. The summed E-state index contributed by atoms with van der Waals surface area (Å²) in [7, 11) is 0. The van der Waals surface area contributed by atoms with E-state index in [1.165, 1.54) is 12.1 Å². The van der Waals surface area contributed by atoms with E-state index in [0.29, 0.717) is 17.7 Å². The number of hydrogen-bond acceptors (Lipinski definition) is 4. The number of aliphatic carboxylic acids is 1. The molecule has 20 heavy (non-hydrogen) atoms. The summed E-state index contributed by atoms with van der Waals surface area (Å²) < 4.78 is 0. The summed E-state index contributed by atoms with van der Waals surface area (Å²) in [6, 6.07) is 3.92. The van der Waals surface area contributed by atoms with Gasteiger partial charge in [0.05, 0.1) is 11.3 Å². The van der Waals surface area contributed by atoms with Gasteiger partial charge in [-0.3, -0.25) is 4.79 Å². The number of nitriles is 1. The van der Waals surface area contributed by atoms with Crippen molar-refractivity contribution in [2.24, 2.45) is 5.92 Å². The van der Waals surface area contributed by atoms with Gasteiger partial charge in [0.1, 0.15) is 17.8 Å². The number of hydrogen-bond donors (Lipinski definition) is 2. The van der Waals surface area contributed by atoms with Crippen molar-refractivity contribution in [1.29, 1.82) is 5.26 Å². The summed E-state index contributed by atoms with van der Waals surface area (Å²) in [6.45, 7) is 5.24. The molecule has 0 aliphatic rings. The maximum Gasteiger partial charge on any atom is 0.326 e. The Morgan fingerprint density at radius 2 is 2.15 bits per heavy atom. The molecule has 1 unspecified atom stereocenters. The van der Waals surface area contributed by atoms with Crippen molar-refractivity contribution in [2.45, 2.75) is 33.2 Å². The van der Waals surface area contributed by atoms with Crippen LogP contribution in [-0.2, 0) is 4.79 Å². The van der Waals surface area contributed by atoms with Crippen LogP contribution in [0.1, 0.15) is 42.0 Å². The second kappa shape index (κ2) is 6.66. The number of pyridine rings is 1. The Bertz CT molecular complexity index is 563. The Morgan fingerprint density at radius 3 is 2.60 bits per heavy atom. The number of rotatable bonds is 5. The standard InChI is InChI=1S/C14H17N3O3/c1-4-8(2)12(14(19)20)17-13(18)11-6-5-10(7-15)9(3)16-11/h5-6,8,12H,4H2,1-3H3,(H,17,18)(H,19,20)/t8?,12-/m0/s1. The number of carbonyl (C=O) groups is 2. The molecule has 0 spiro atoms. The van der Waals surface area contributed by atoms with Gasteiger partial charge in [-0.15, -0.1) is 0 Å². The highest BCUT2D eigenvalue weighted by Crippen LogP contribution is 2.10. The molecule has 0 radical (unpaired) electrons. The Balaban J connectivity index is 2.93. The highest BCUT2D eigenvalue weighted by Gasteiger charge is 2.26. The number of amides is 1. The minimum absolute atomic E-state index is 0.107. The first-order valence-corrected chi connectivity index (χ1v) is 6.32. The number of carboxylic acid groups (broad SMARTS) is 1. The fourth-order valence-electron chi connectivity index (χ4n) is 1.70. The lowest BCUT2D eigenvalue weighted by molar-refractivity contribution is -0.140. The third kappa shape index (κ3) is 3.54. The molecule has 6 heteroatoms. The van der Waals surface area contributed by atoms with Crippen molar-refractivity contribution in [3.8, 4) is 6.07 Å². The number of nitrogens with one attached hydrogen (secondary N) is 1. The third-order valence-electron chi connectivity index (χ3n) is 3.20. The minimum Gasteiger partial charge on any atom is -0.480 e. The molecule has 1 amide bonds. The normalized spacial score (nSPS) is 13.1. The van der Waals surface area contributed by atoms with Crippen LogP contribution in [-0.4, -0.2) is 28.0 Å². The maximum absolute atomic E-state index is 12.0. The summed E-state index contributed by atoms with van der Waals surface area (Å²) in [5.41, 5.74) is 0.935. The fraction of sp³-hybridized carbons (Fsp3) is 0.429. The van der Waals surface area contributed by atoms with E-state index in [2.05, 4.69) is 10.3 Å². The van der Waals surface area contributed by atoms with Gasteiger partial charge in [0.2, 0.25) is 0 Å². The van der Waals surface area contributed by atoms with Gasteiger partial charge < -0.3 is 10.4 Å². The molecule has 6 nitrogen and oxygen atoms in total. The van der Waals surface area contributed by atoms with E-state index < -0.39 is 17.9 Å².